The number of alkyl halides is 3. The molecule has 2 rings (SSSR count). The Morgan fingerprint density at radius 1 is 1.25 bits per heavy atom. The Morgan fingerprint density at radius 3 is 2.65 bits per heavy atom. The SMILES string of the molecule is Cc1nccc(CNc2cc(Br)cc(C(F)(F)F)c2)n1. The van der Waals surface area contributed by atoms with Gasteiger partial charge in [-0.1, -0.05) is 15.9 Å². The van der Waals surface area contributed by atoms with Crippen LogP contribution in [0.4, 0.5) is 18.9 Å². The molecule has 0 unspecified atom stereocenters. The van der Waals surface area contributed by atoms with Gasteiger partial charge in [-0.3, -0.25) is 0 Å². The van der Waals surface area contributed by atoms with Crippen LogP contribution in [0.25, 0.3) is 0 Å². The Bertz CT molecular complexity index is 614. The first-order valence-corrected chi connectivity index (χ1v) is 6.54. The van der Waals surface area contributed by atoms with Gasteiger partial charge in [0.05, 0.1) is 17.8 Å². The van der Waals surface area contributed by atoms with Crippen LogP contribution in [0, 0.1) is 6.92 Å². The van der Waals surface area contributed by atoms with Gasteiger partial charge in [-0.15, -0.1) is 0 Å². The van der Waals surface area contributed by atoms with E-state index in [1.165, 1.54) is 0 Å². The van der Waals surface area contributed by atoms with E-state index < -0.39 is 11.7 Å². The molecule has 2 aromatic rings. The summed E-state index contributed by atoms with van der Waals surface area (Å²) in [5.74, 6) is 0.620. The van der Waals surface area contributed by atoms with E-state index in [1.807, 2.05) is 0 Å². The predicted molar refractivity (Wildman–Crippen MR) is 73.2 cm³/mol. The Hall–Kier alpha value is -1.63. The summed E-state index contributed by atoms with van der Waals surface area (Å²) in [5.41, 5.74) is 0.391. The van der Waals surface area contributed by atoms with Crippen LogP contribution in [-0.2, 0) is 12.7 Å². The molecular weight excluding hydrogens is 335 g/mol. The van der Waals surface area contributed by atoms with Crippen molar-refractivity contribution in [2.24, 2.45) is 0 Å². The second-order valence-corrected chi connectivity index (χ2v) is 5.09. The van der Waals surface area contributed by atoms with Crippen molar-refractivity contribution in [1.82, 2.24) is 9.97 Å². The Labute approximate surface area is 122 Å². The van der Waals surface area contributed by atoms with E-state index >= 15 is 0 Å². The molecule has 0 bridgehead atoms. The van der Waals surface area contributed by atoms with E-state index in [9.17, 15) is 13.2 Å². The molecule has 0 aliphatic heterocycles. The van der Waals surface area contributed by atoms with Crippen molar-refractivity contribution in [1.29, 1.82) is 0 Å². The molecule has 0 aliphatic rings. The molecule has 1 aromatic heterocycles. The van der Waals surface area contributed by atoms with Crippen LogP contribution in [0.1, 0.15) is 17.1 Å². The molecule has 0 aliphatic carbocycles. The molecule has 0 radical (unpaired) electrons. The van der Waals surface area contributed by atoms with Crippen LogP contribution < -0.4 is 5.32 Å². The van der Waals surface area contributed by atoms with Crippen molar-refractivity contribution in [3.05, 3.63) is 52.0 Å². The molecule has 3 nitrogen and oxygen atoms in total. The van der Waals surface area contributed by atoms with E-state index in [-0.39, 0.29) is 0 Å². The van der Waals surface area contributed by atoms with Crippen molar-refractivity contribution >= 4 is 21.6 Å². The van der Waals surface area contributed by atoms with Crippen LogP contribution in [0.2, 0.25) is 0 Å². The monoisotopic (exact) mass is 345 g/mol. The van der Waals surface area contributed by atoms with Gasteiger partial charge < -0.3 is 5.32 Å². The van der Waals surface area contributed by atoms with Crippen LogP contribution in [0.5, 0.6) is 0 Å². The largest absolute Gasteiger partial charge is 0.416 e. The highest BCUT2D eigenvalue weighted by Crippen LogP contribution is 2.33. The maximum atomic E-state index is 12.7. The first-order chi connectivity index (χ1) is 9.34. The van der Waals surface area contributed by atoms with Crippen LogP contribution >= 0.6 is 15.9 Å². The molecule has 106 valence electrons. The zero-order chi connectivity index (χ0) is 14.8. The number of rotatable bonds is 3. The highest BCUT2D eigenvalue weighted by Gasteiger charge is 2.31. The predicted octanol–water partition coefficient (Wildman–Crippen LogP) is 4.18. The second kappa shape index (κ2) is 5.78. The van der Waals surface area contributed by atoms with Gasteiger partial charge >= 0.3 is 6.18 Å². The summed E-state index contributed by atoms with van der Waals surface area (Å²) in [6, 6.07) is 5.41. The topological polar surface area (TPSA) is 37.8 Å². The molecule has 0 spiro atoms. The number of benzene rings is 1. The summed E-state index contributed by atoms with van der Waals surface area (Å²) < 4.78 is 38.5. The number of hydrogen-bond acceptors (Lipinski definition) is 3. The standard InChI is InChI=1S/C13H11BrF3N3/c1-8-18-3-2-11(20-8)7-19-12-5-9(13(15,16)17)4-10(14)6-12/h2-6,19H,7H2,1H3. The molecule has 0 saturated carbocycles. The van der Waals surface area contributed by atoms with Gasteiger partial charge in [0.2, 0.25) is 0 Å². The van der Waals surface area contributed by atoms with Gasteiger partial charge in [0, 0.05) is 16.4 Å². The first kappa shape index (κ1) is 14.8. The molecule has 0 fully saturated rings. The van der Waals surface area contributed by atoms with Gasteiger partial charge in [-0.25, -0.2) is 9.97 Å². The number of aromatic nitrogens is 2. The third kappa shape index (κ3) is 3.93. The van der Waals surface area contributed by atoms with Crippen LogP contribution in [0.3, 0.4) is 0 Å². The lowest BCUT2D eigenvalue weighted by molar-refractivity contribution is -0.137. The molecule has 7 heteroatoms. The average molecular weight is 346 g/mol. The van der Waals surface area contributed by atoms with E-state index in [0.717, 1.165) is 12.1 Å². The van der Waals surface area contributed by atoms with Crippen molar-refractivity contribution in [3.63, 3.8) is 0 Å². The van der Waals surface area contributed by atoms with E-state index in [2.05, 4.69) is 31.2 Å². The number of aryl methyl sites for hydroxylation is 1. The molecule has 0 atom stereocenters. The fraction of sp³-hybridized carbons (Fsp3) is 0.231. The van der Waals surface area contributed by atoms with Gasteiger partial charge in [-0.05, 0) is 31.2 Å². The molecule has 1 N–H and O–H groups in total. The number of nitrogens with zero attached hydrogens (tertiary/aromatic N) is 2. The summed E-state index contributed by atoms with van der Waals surface area (Å²) in [6.45, 7) is 2.08. The minimum atomic E-state index is -4.37. The van der Waals surface area contributed by atoms with E-state index in [4.69, 9.17) is 0 Å². The van der Waals surface area contributed by atoms with Crippen molar-refractivity contribution in [3.8, 4) is 0 Å². The third-order valence-electron chi connectivity index (χ3n) is 2.53. The summed E-state index contributed by atoms with van der Waals surface area (Å²) >= 11 is 3.08. The van der Waals surface area contributed by atoms with E-state index in [0.29, 0.717) is 28.2 Å². The lowest BCUT2D eigenvalue weighted by atomic mass is 10.2. The fourth-order valence-electron chi connectivity index (χ4n) is 1.65. The Kier molecular flexibility index (Phi) is 4.27. The molecule has 0 saturated heterocycles. The van der Waals surface area contributed by atoms with Gasteiger partial charge in [0.1, 0.15) is 5.82 Å². The normalized spacial score (nSPS) is 11.4. The smallest absolute Gasteiger partial charge is 0.379 e. The second-order valence-electron chi connectivity index (χ2n) is 4.18. The number of halogens is 4. The maximum Gasteiger partial charge on any atom is 0.416 e. The number of anilines is 1. The minimum Gasteiger partial charge on any atom is -0.379 e. The minimum absolute atomic E-state index is 0.330. The molecule has 0 amide bonds. The average Bonchev–Trinajstić information content (AvgIpc) is 2.35. The lowest BCUT2D eigenvalue weighted by Gasteiger charge is -2.11. The van der Waals surface area contributed by atoms with Crippen molar-refractivity contribution in [2.75, 3.05) is 5.32 Å². The molecular formula is C13H11BrF3N3. The van der Waals surface area contributed by atoms with Crippen LogP contribution in [-0.4, -0.2) is 9.97 Å². The first-order valence-electron chi connectivity index (χ1n) is 5.75. The van der Waals surface area contributed by atoms with Gasteiger partial charge in [0.25, 0.3) is 0 Å². The summed E-state index contributed by atoms with van der Waals surface area (Å²) in [4.78, 5) is 8.13. The summed E-state index contributed by atoms with van der Waals surface area (Å²) in [7, 11) is 0. The fourth-order valence-corrected chi connectivity index (χ4v) is 2.14. The highest BCUT2D eigenvalue weighted by atomic mass is 79.9. The zero-order valence-corrected chi connectivity index (χ0v) is 12.1. The van der Waals surface area contributed by atoms with Gasteiger partial charge in [0.15, 0.2) is 0 Å². The maximum absolute atomic E-state index is 12.7. The van der Waals surface area contributed by atoms with Crippen molar-refractivity contribution < 1.29 is 13.2 Å². The molecule has 1 aromatic carbocycles. The Morgan fingerprint density at radius 2 is 2.00 bits per heavy atom. The van der Waals surface area contributed by atoms with E-state index in [1.54, 1.807) is 25.3 Å². The van der Waals surface area contributed by atoms with Crippen LogP contribution in [0.15, 0.2) is 34.9 Å². The molecule has 20 heavy (non-hydrogen) atoms. The lowest BCUT2D eigenvalue weighted by Crippen LogP contribution is -2.07. The zero-order valence-electron chi connectivity index (χ0n) is 10.5. The summed E-state index contributed by atoms with van der Waals surface area (Å²) in [6.07, 6.45) is -2.76. The van der Waals surface area contributed by atoms with Gasteiger partial charge in [-0.2, -0.15) is 13.2 Å². The highest BCUT2D eigenvalue weighted by molar-refractivity contribution is 9.10. The summed E-state index contributed by atoms with van der Waals surface area (Å²) in [5, 5.41) is 2.92. The third-order valence-corrected chi connectivity index (χ3v) is 2.99. The Balaban J connectivity index is 2.16. The van der Waals surface area contributed by atoms with Crippen molar-refractivity contribution in [2.45, 2.75) is 19.6 Å². The number of nitrogens with one attached hydrogen (secondary N) is 1. The quantitative estimate of drug-likeness (QED) is 0.906. The molecule has 1 heterocycles. The number of hydrogen-bond donors (Lipinski definition) is 1.